The van der Waals surface area contributed by atoms with Crippen molar-refractivity contribution in [2.75, 3.05) is 26.2 Å². The number of amides is 1. The molecule has 0 N–H and O–H groups in total. The number of benzene rings is 1. The lowest BCUT2D eigenvalue weighted by atomic mass is 10.2. The molecule has 1 aliphatic heterocycles. The second-order valence-corrected chi connectivity index (χ2v) is 6.85. The van der Waals surface area contributed by atoms with Crippen molar-refractivity contribution in [3.63, 3.8) is 0 Å². The van der Waals surface area contributed by atoms with Crippen LogP contribution in [-0.4, -0.2) is 51.7 Å². The largest absolute Gasteiger partial charge is 0.339 e. The fourth-order valence-corrected chi connectivity index (χ4v) is 3.35. The van der Waals surface area contributed by atoms with Crippen LogP contribution in [-0.2, 0) is 17.9 Å². The van der Waals surface area contributed by atoms with Crippen LogP contribution in [0.1, 0.15) is 17.0 Å². The lowest BCUT2D eigenvalue weighted by Gasteiger charge is -2.35. The highest BCUT2D eigenvalue weighted by Crippen LogP contribution is 2.21. The number of hydrogen-bond acceptors (Lipinski definition) is 3. The van der Waals surface area contributed by atoms with Gasteiger partial charge in [0.25, 0.3) is 0 Å². The molecule has 0 atom stereocenters. The number of piperazine rings is 1. The predicted octanol–water partition coefficient (Wildman–Crippen LogP) is 2.64. The van der Waals surface area contributed by atoms with Crippen LogP contribution in [0.5, 0.6) is 0 Å². The molecule has 1 fully saturated rings. The summed E-state index contributed by atoms with van der Waals surface area (Å²) in [7, 11) is 0. The molecule has 7 heteroatoms. The minimum Gasteiger partial charge on any atom is -0.339 e. The molecule has 0 spiro atoms. The van der Waals surface area contributed by atoms with Gasteiger partial charge in [0.05, 0.1) is 5.69 Å². The predicted molar refractivity (Wildman–Crippen MR) is 95.0 cm³/mol. The summed E-state index contributed by atoms with van der Waals surface area (Å²) in [4.78, 5) is 16.4. The summed E-state index contributed by atoms with van der Waals surface area (Å²) in [6.07, 6.45) is 0. The molecule has 0 radical (unpaired) electrons. The van der Waals surface area contributed by atoms with Crippen molar-refractivity contribution in [1.82, 2.24) is 19.6 Å². The van der Waals surface area contributed by atoms with Gasteiger partial charge in [-0.05, 0) is 32.0 Å². The summed E-state index contributed by atoms with van der Waals surface area (Å²) in [6.45, 7) is 7.25. The molecule has 0 aliphatic carbocycles. The van der Waals surface area contributed by atoms with Gasteiger partial charge in [-0.25, -0.2) is 4.39 Å². The van der Waals surface area contributed by atoms with E-state index in [-0.39, 0.29) is 18.3 Å². The van der Waals surface area contributed by atoms with Gasteiger partial charge in [-0.3, -0.25) is 14.4 Å². The maximum Gasteiger partial charge on any atom is 0.244 e. The Labute approximate surface area is 152 Å². The van der Waals surface area contributed by atoms with Crippen LogP contribution >= 0.6 is 11.6 Å². The SMILES string of the molecule is Cc1cc(C)n(CC(=O)N2CCN(Cc3c(F)cccc3Cl)CC2)n1. The van der Waals surface area contributed by atoms with Crippen molar-refractivity contribution >= 4 is 17.5 Å². The molecular weight excluding hydrogens is 343 g/mol. The molecule has 1 aliphatic rings. The molecule has 134 valence electrons. The van der Waals surface area contributed by atoms with Gasteiger partial charge in [-0.2, -0.15) is 5.10 Å². The Morgan fingerprint density at radius 2 is 1.96 bits per heavy atom. The first kappa shape index (κ1) is 17.9. The molecule has 5 nitrogen and oxygen atoms in total. The van der Waals surface area contributed by atoms with Gasteiger partial charge in [0.2, 0.25) is 5.91 Å². The zero-order valence-corrected chi connectivity index (χ0v) is 15.3. The topological polar surface area (TPSA) is 41.4 Å². The fraction of sp³-hybridized carbons (Fsp3) is 0.444. The van der Waals surface area contributed by atoms with E-state index in [1.165, 1.54) is 6.07 Å². The average molecular weight is 365 g/mol. The number of aromatic nitrogens is 2. The summed E-state index contributed by atoms with van der Waals surface area (Å²) < 4.78 is 15.6. The highest BCUT2D eigenvalue weighted by Gasteiger charge is 2.23. The van der Waals surface area contributed by atoms with Crippen LogP contribution in [0.4, 0.5) is 4.39 Å². The highest BCUT2D eigenvalue weighted by atomic mass is 35.5. The Kier molecular flexibility index (Phi) is 5.39. The maximum atomic E-state index is 13.9. The quantitative estimate of drug-likeness (QED) is 0.837. The van der Waals surface area contributed by atoms with Crippen molar-refractivity contribution in [3.05, 3.63) is 52.1 Å². The summed E-state index contributed by atoms with van der Waals surface area (Å²) in [5.74, 6) is -0.217. The Bertz CT molecular complexity index is 748. The number of carbonyl (C=O) groups excluding carboxylic acids is 1. The van der Waals surface area contributed by atoms with E-state index in [9.17, 15) is 9.18 Å². The van der Waals surface area contributed by atoms with E-state index in [4.69, 9.17) is 11.6 Å². The smallest absolute Gasteiger partial charge is 0.244 e. The number of nitrogens with zero attached hydrogens (tertiary/aromatic N) is 4. The second kappa shape index (κ2) is 7.54. The van der Waals surface area contributed by atoms with Crippen LogP contribution in [0, 0.1) is 19.7 Å². The van der Waals surface area contributed by atoms with E-state index in [1.54, 1.807) is 16.8 Å². The van der Waals surface area contributed by atoms with Crippen molar-refractivity contribution in [3.8, 4) is 0 Å². The van der Waals surface area contributed by atoms with E-state index >= 15 is 0 Å². The molecular formula is C18H22ClFN4O. The van der Waals surface area contributed by atoms with E-state index in [0.717, 1.165) is 11.4 Å². The summed E-state index contributed by atoms with van der Waals surface area (Å²) in [6, 6.07) is 6.70. The number of halogens is 2. The van der Waals surface area contributed by atoms with Gasteiger partial charge in [-0.15, -0.1) is 0 Å². The van der Waals surface area contributed by atoms with Crippen molar-refractivity contribution < 1.29 is 9.18 Å². The first-order valence-corrected chi connectivity index (χ1v) is 8.76. The lowest BCUT2D eigenvalue weighted by molar-refractivity contribution is -0.133. The van der Waals surface area contributed by atoms with Crippen LogP contribution in [0.2, 0.25) is 5.02 Å². The number of rotatable bonds is 4. The Morgan fingerprint density at radius 3 is 2.56 bits per heavy atom. The average Bonchev–Trinajstić information content (AvgIpc) is 2.89. The molecule has 0 saturated carbocycles. The molecule has 0 bridgehead atoms. The van der Waals surface area contributed by atoms with Crippen molar-refractivity contribution in [2.24, 2.45) is 0 Å². The van der Waals surface area contributed by atoms with Crippen LogP contribution in [0.25, 0.3) is 0 Å². The third kappa shape index (κ3) is 4.19. The number of aryl methyl sites for hydroxylation is 2. The molecule has 1 amide bonds. The van der Waals surface area contributed by atoms with Gasteiger partial charge in [0, 0.05) is 49.0 Å². The lowest BCUT2D eigenvalue weighted by Crippen LogP contribution is -2.49. The van der Waals surface area contributed by atoms with Crippen molar-refractivity contribution in [1.29, 1.82) is 0 Å². The number of carbonyl (C=O) groups is 1. The summed E-state index contributed by atoms with van der Waals surface area (Å²) >= 11 is 6.09. The van der Waals surface area contributed by atoms with E-state index < -0.39 is 0 Å². The monoisotopic (exact) mass is 364 g/mol. The van der Waals surface area contributed by atoms with E-state index in [0.29, 0.717) is 43.3 Å². The Balaban J connectivity index is 1.55. The standard InChI is InChI=1S/C18H22ClFN4O/c1-13-10-14(2)24(21-13)12-18(25)23-8-6-22(7-9-23)11-15-16(19)4-3-5-17(15)20/h3-5,10H,6-9,11-12H2,1-2H3. The third-order valence-corrected chi connectivity index (χ3v) is 4.91. The molecule has 2 heterocycles. The van der Waals surface area contributed by atoms with Crippen LogP contribution in [0.15, 0.2) is 24.3 Å². The minimum atomic E-state index is -0.282. The fourth-order valence-electron chi connectivity index (χ4n) is 3.13. The third-order valence-electron chi connectivity index (χ3n) is 4.56. The highest BCUT2D eigenvalue weighted by molar-refractivity contribution is 6.31. The molecule has 0 unspecified atom stereocenters. The first-order chi connectivity index (χ1) is 11.9. The Hall–Kier alpha value is -1.92. The zero-order chi connectivity index (χ0) is 18.0. The molecule has 2 aromatic rings. The number of hydrogen-bond donors (Lipinski definition) is 0. The Morgan fingerprint density at radius 1 is 1.24 bits per heavy atom. The minimum absolute atomic E-state index is 0.0646. The van der Waals surface area contributed by atoms with Gasteiger partial charge < -0.3 is 4.90 Å². The molecule has 3 rings (SSSR count). The molecule has 1 aromatic carbocycles. The summed E-state index contributed by atoms with van der Waals surface area (Å²) in [5, 5.41) is 4.78. The second-order valence-electron chi connectivity index (χ2n) is 6.44. The maximum absolute atomic E-state index is 13.9. The zero-order valence-electron chi connectivity index (χ0n) is 14.5. The van der Waals surface area contributed by atoms with Crippen LogP contribution in [0.3, 0.4) is 0 Å². The van der Waals surface area contributed by atoms with Crippen molar-refractivity contribution in [2.45, 2.75) is 26.9 Å². The van der Waals surface area contributed by atoms with Gasteiger partial charge in [-0.1, -0.05) is 17.7 Å². The van der Waals surface area contributed by atoms with Gasteiger partial charge >= 0.3 is 0 Å². The molecule has 1 saturated heterocycles. The van der Waals surface area contributed by atoms with E-state index in [2.05, 4.69) is 10.00 Å². The molecule has 1 aromatic heterocycles. The van der Waals surface area contributed by atoms with E-state index in [1.807, 2.05) is 24.8 Å². The molecule has 25 heavy (non-hydrogen) atoms. The normalized spacial score (nSPS) is 15.6. The van der Waals surface area contributed by atoms with Gasteiger partial charge in [0.15, 0.2) is 0 Å². The van der Waals surface area contributed by atoms with Gasteiger partial charge in [0.1, 0.15) is 12.4 Å². The summed E-state index contributed by atoms with van der Waals surface area (Å²) in [5.41, 5.74) is 2.42. The first-order valence-electron chi connectivity index (χ1n) is 8.38. The van der Waals surface area contributed by atoms with Crippen LogP contribution < -0.4 is 0 Å².